The number of anilines is 2. The van der Waals surface area contributed by atoms with Crippen molar-refractivity contribution in [3.8, 4) is 0 Å². The van der Waals surface area contributed by atoms with Gasteiger partial charge in [-0.3, -0.25) is 23.6 Å². The topological polar surface area (TPSA) is 264 Å². The van der Waals surface area contributed by atoms with Gasteiger partial charge < -0.3 is 37.7 Å². The zero-order valence-electron chi connectivity index (χ0n) is 25.8. The summed E-state index contributed by atoms with van der Waals surface area (Å²) >= 11 is 0. The van der Waals surface area contributed by atoms with Crippen molar-refractivity contribution in [1.29, 1.82) is 0 Å². The molecule has 3 aromatic carbocycles. The van der Waals surface area contributed by atoms with Gasteiger partial charge in [-0.05, 0) is 53.8 Å². The molecule has 50 heavy (non-hydrogen) atoms. The van der Waals surface area contributed by atoms with E-state index in [1.165, 1.54) is 24.8 Å². The van der Waals surface area contributed by atoms with Crippen LogP contribution in [0.4, 0.5) is 15.8 Å². The number of carbonyl (C=O) groups excluding carboxylic acids is 3. The van der Waals surface area contributed by atoms with Gasteiger partial charge in [-0.25, -0.2) is 23.9 Å². The predicted molar refractivity (Wildman–Crippen MR) is 179 cm³/mol. The minimum absolute atomic E-state index is 0. The van der Waals surface area contributed by atoms with Crippen molar-refractivity contribution in [1.82, 2.24) is 19.7 Å². The fourth-order valence-corrected chi connectivity index (χ4v) is 5.24. The number of primary amides is 1. The number of methoxy groups -OCH3 is 1. The molecule has 0 radical (unpaired) electrons. The van der Waals surface area contributed by atoms with Crippen LogP contribution >= 0.6 is 0 Å². The van der Waals surface area contributed by atoms with Gasteiger partial charge in [-0.2, -0.15) is 0 Å². The number of imidazole rings is 1. The maximum Gasteiger partial charge on any atom is 0.353 e. The smallest absolute Gasteiger partial charge is 0.353 e. The number of nitrogens with zero attached hydrogens (tertiary/aromatic N) is 3. The second-order valence-electron chi connectivity index (χ2n) is 10.9. The molecule has 0 unspecified atom stereocenters. The summed E-state index contributed by atoms with van der Waals surface area (Å²) in [6.45, 7) is -0.231. The number of nitrogens with one attached hydrogen (secondary N) is 2. The number of esters is 1. The number of nitrogen functional groups attached to an aromatic ring is 1. The number of carboxylic acid groups (broad SMARTS) is 1. The summed E-state index contributed by atoms with van der Waals surface area (Å²) in [5.74, 6) is -3.99. The number of hydrogen-bond donors (Lipinski definition) is 6. The third kappa shape index (κ3) is 7.16. The molecule has 2 heterocycles. The van der Waals surface area contributed by atoms with E-state index in [2.05, 4.69) is 25.3 Å². The Bertz CT molecular complexity index is 2220. The first-order valence-corrected chi connectivity index (χ1v) is 14.6. The summed E-state index contributed by atoms with van der Waals surface area (Å²) in [4.78, 5) is 77.5. The molecule has 9 N–H and O–H groups in total. The highest BCUT2D eigenvalue weighted by atomic mass is 19.1. The molecule has 1 aliphatic carbocycles. The van der Waals surface area contributed by atoms with Gasteiger partial charge in [-0.15, -0.1) is 0 Å². The molecule has 0 spiro atoms. The monoisotopic (exact) mass is 688 g/mol. The van der Waals surface area contributed by atoms with Crippen LogP contribution in [-0.2, 0) is 24.2 Å². The number of aromatic nitrogens is 3. The van der Waals surface area contributed by atoms with E-state index in [1.54, 1.807) is 6.07 Å². The fraction of sp³-hybridized carbons (Fsp3) is 0.212. The maximum absolute atomic E-state index is 14.2. The molecular weight excluding hydrogens is 655 g/mol. The van der Waals surface area contributed by atoms with Gasteiger partial charge in [0, 0.05) is 30.8 Å². The summed E-state index contributed by atoms with van der Waals surface area (Å²) in [7, 11) is 1.39. The van der Waals surface area contributed by atoms with E-state index in [4.69, 9.17) is 17.2 Å². The number of halogens is 1. The highest BCUT2D eigenvalue weighted by Crippen LogP contribution is 2.29. The molecule has 260 valence electrons. The van der Waals surface area contributed by atoms with Crippen LogP contribution in [0.1, 0.15) is 84.0 Å². The van der Waals surface area contributed by atoms with Crippen molar-refractivity contribution in [2.24, 2.45) is 11.5 Å². The number of benzene rings is 2. The average Bonchev–Trinajstić information content (AvgIpc) is 3.70. The minimum Gasteiger partial charge on any atom is -0.477 e. The van der Waals surface area contributed by atoms with Gasteiger partial charge in [0.05, 0.1) is 12.7 Å². The van der Waals surface area contributed by atoms with Gasteiger partial charge in [0.25, 0.3) is 22.7 Å². The van der Waals surface area contributed by atoms with E-state index in [9.17, 15) is 38.3 Å². The zero-order valence-corrected chi connectivity index (χ0v) is 25.8. The Labute approximate surface area is 282 Å². The number of rotatable bonds is 9. The van der Waals surface area contributed by atoms with E-state index in [-0.39, 0.29) is 72.2 Å². The molecule has 0 aliphatic heterocycles. The Morgan fingerprint density at radius 2 is 1.82 bits per heavy atom. The van der Waals surface area contributed by atoms with Crippen LogP contribution in [0.5, 0.6) is 0 Å². The van der Waals surface area contributed by atoms with Gasteiger partial charge >= 0.3 is 11.9 Å². The van der Waals surface area contributed by atoms with E-state index >= 15 is 0 Å². The molecule has 2 aromatic heterocycles. The first-order valence-electron chi connectivity index (χ1n) is 14.6. The van der Waals surface area contributed by atoms with Crippen LogP contribution < -0.4 is 38.7 Å². The molecule has 0 saturated heterocycles. The quantitative estimate of drug-likeness (QED) is 0.0947. The highest BCUT2D eigenvalue weighted by molar-refractivity contribution is 6.00. The minimum atomic E-state index is -1.39. The van der Waals surface area contributed by atoms with E-state index in [0.29, 0.717) is 11.1 Å². The lowest BCUT2D eigenvalue weighted by atomic mass is 10.1. The molecule has 6 rings (SSSR count). The first-order chi connectivity index (χ1) is 23.3. The largest absolute Gasteiger partial charge is 0.477 e. The Morgan fingerprint density at radius 1 is 1.08 bits per heavy atom. The Balaban J connectivity index is 0.000000313. The van der Waals surface area contributed by atoms with Crippen molar-refractivity contribution >= 4 is 40.8 Å². The molecule has 17 heteroatoms. The molecule has 0 bridgehead atoms. The predicted octanol–water partition coefficient (Wildman–Crippen LogP) is 1.44. The maximum atomic E-state index is 14.2. The molecular formula is C33H33FN8O8. The SMILES string of the molecule is C.COC(=O)c1ccc2c(c1)CC[C@@H]2N.NC(=O)c1ncn2c(C(=O)O)cc(C(=O)NCc3ccc(F)c(CNc4c(N)c(=O)c4=O)c3)nc12. The van der Waals surface area contributed by atoms with Crippen molar-refractivity contribution in [3.05, 3.63) is 120 Å². The number of aryl methyl sites for hydroxylation is 1. The lowest BCUT2D eigenvalue weighted by Crippen LogP contribution is -2.37. The van der Waals surface area contributed by atoms with Crippen LogP contribution in [0.3, 0.4) is 0 Å². The average molecular weight is 689 g/mol. The summed E-state index contributed by atoms with van der Waals surface area (Å²) in [5, 5.41) is 14.6. The summed E-state index contributed by atoms with van der Waals surface area (Å²) in [6, 6.07) is 10.7. The third-order valence-electron chi connectivity index (χ3n) is 7.84. The molecule has 1 aliphatic rings. The molecule has 1 atom stereocenters. The van der Waals surface area contributed by atoms with Gasteiger partial charge in [0.2, 0.25) is 0 Å². The van der Waals surface area contributed by atoms with Crippen molar-refractivity contribution in [2.75, 3.05) is 18.2 Å². The summed E-state index contributed by atoms with van der Waals surface area (Å²) in [6.07, 6.45) is 2.99. The van der Waals surface area contributed by atoms with Gasteiger partial charge in [-0.1, -0.05) is 19.6 Å². The number of carbonyl (C=O) groups is 4. The normalized spacial score (nSPS) is 13.1. The highest BCUT2D eigenvalue weighted by Gasteiger charge is 2.22. The van der Waals surface area contributed by atoms with Gasteiger partial charge in [0.1, 0.15) is 34.9 Å². The fourth-order valence-electron chi connectivity index (χ4n) is 5.24. The number of aromatic carboxylic acids is 1. The van der Waals surface area contributed by atoms with E-state index in [1.807, 2.05) is 12.1 Å². The van der Waals surface area contributed by atoms with Crippen LogP contribution in [-0.4, -0.2) is 50.3 Å². The number of ether oxygens (including phenoxy) is 1. The standard InChI is InChI=1S/C21H16FN7O6.C11H13NO2.CH4/c22-10-2-1-8(3-9(10)6-25-14-13(23)16(30)17(14)31)5-26-20(33)11-4-12(21(34)35)29-7-27-15(18(24)32)19(29)28-11;1-14-11(13)8-2-4-9-7(6-8)3-5-10(9)12;/h1-4,7,25H,5-6,23H2,(H2,24,32)(H,26,33)(H,34,35);2,4,6,10H,3,5,12H2,1H3;1H4/t;10-;/m.0./s1. The summed E-state index contributed by atoms with van der Waals surface area (Å²) in [5.41, 5.74) is 17.1. The third-order valence-corrected chi connectivity index (χ3v) is 7.84. The molecule has 5 aromatic rings. The van der Waals surface area contributed by atoms with Crippen molar-refractivity contribution in [3.63, 3.8) is 0 Å². The van der Waals surface area contributed by atoms with Crippen molar-refractivity contribution in [2.45, 2.75) is 39.4 Å². The van der Waals surface area contributed by atoms with E-state index < -0.39 is 34.5 Å². The number of carboxylic acids is 1. The molecule has 0 saturated carbocycles. The molecule has 2 amide bonds. The second-order valence-corrected chi connectivity index (χ2v) is 10.9. The Hall–Kier alpha value is -6.49. The van der Waals surface area contributed by atoms with Crippen LogP contribution in [0.25, 0.3) is 5.65 Å². The van der Waals surface area contributed by atoms with Crippen LogP contribution in [0.15, 0.2) is 58.4 Å². The Morgan fingerprint density at radius 3 is 2.48 bits per heavy atom. The number of fused-ring (bicyclic) bond motifs is 2. The van der Waals surface area contributed by atoms with Crippen LogP contribution in [0.2, 0.25) is 0 Å². The molecule has 0 fully saturated rings. The van der Waals surface area contributed by atoms with Crippen molar-refractivity contribution < 1.29 is 33.4 Å². The number of nitrogens with two attached hydrogens (primary N) is 3. The number of hydrogen-bond acceptors (Lipinski definition) is 12. The van der Waals surface area contributed by atoms with Gasteiger partial charge in [0.15, 0.2) is 11.3 Å². The van der Waals surface area contributed by atoms with Crippen LogP contribution in [0, 0.1) is 5.82 Å². The second kappa shape index (κ2) is 14.7. The number of amides is 2. The first kappa shape index (κ1) is 36.3. The Kier molecular flexibility index (Phi) is 10.7. The zero-order chi connectivity index (χ0) is 35.6. The van der Waals surface area contributed by atoms with E-state index in [0.717, 1.165) is 41.3 Å². The lowest BCUT2D eigenvalue weighted by Gasteiger charge is -2.12. The molecule has 16 nitrogen and oxygen atoms in total. The summed E-state index contributed by atoms with van der Waals surface area (Å²) < 4.78 is 19.8. The lowest BCUT2D eigenvalue weighted by molar-refractivity contribution is 0.0599.